The number of carboxylic acid groups (broad SMARTS) is 1. The summed E-state index contributed by atoms with van der Waals surface area (Å²) in [6.07, 6.45) is 1.18. The third-order valence-electron chi connectivity index (χ3n) is 6.72. The zero-order valence-corrected chi connectivity index (χ0v) is 18.2. The van der Waals surface area contributed by atoms with E-state index in [1.54, 1.807) is 19.2 Å². The molecule has 5 heteroatoms. The Balaban J connectivity index is 0.00000240. The summed E-state index contributed by atoms with van der Waals surface area (Å²) in [5.41, 5.74) is 7.03. The van der Waals surface area contributed by atoms with Crippen LogP contribution in [0.1, 0.15) is 63.4 Å². The van der Waals surface area contributed by atoms with Crippen molar-refractivity contribution in [1.29, 1.82) is 0 Å². The van der Waals surface area contributed by atoms with Crippen LogP contribution in [-0.2, 0) is 11.3 Å². The Morgan fingerprint density at radius 3 is 2.55 bits per heavy atom. The number of aryl methyl sites for hydroxylation is 1. The second-order valence-electron chi connectivity index (χ2n) is 8.20. The number of aromatic carboxylic acids is 1. The van der Waals surface area contributed by atoms with E-state index in [4.69, 9.17) is 4.74 Å². The first-order valence-electron chi connectivity index (χ1n) is 10.2. The van der Waals surface area contributed by atoms with Gasteiger partial charge in [-0.25, -0.2) is 4.79 Å². The van der Waals surface area contributed by atoms with Crippen LogP contribution in [0.25, 0.3) is 0 Å². The molecular formula is C24H30ClNO3. The lowest BCUT2D eigenvalue weighted by Crippen LogP contribution is -2.38. The van der Waals surface area contributed by atoms with Gasteiger partial charge in [0.25, 0.3) is 0 Å². The smallest absolute Gasteiger partial charge is 0.335 e. The number of carboxylic acids is 1. The van der Waals surface area contributed by atoms with Crippen LogP contribution < -0.4 is 0 Å². The first-order valence-corrected chi connectivity index (χ1v) is 10.2. The molecule has 1 aliphatic carbocycles. The number of likely N-dealkylation sites (tertiary alicyclic amines) is 1. The molecule has 0 amide bonds. The molecule has 2 aromatic rings. The van der Waals surface area contributed by atoms with Gasteiger partial charge in [-0.05, 0) is 72.3 Å². The number of methoxy groups -OCH3 is 1. The summed E-state index contributed by atoms with van der Waals surface area (Å²) in [7, 11) is 1.75. The van der Waals surface area contributed by atoms with Crippen LogP contribution in [0.15, 0.2) is 36.4 Å². The van der Waals surface area contributed by atoms with Gasteiger partial charge in [0.05, 0.1) is 12.2 Å². The van der Waals surface area contributed by atoms with Crippen LogP contribution in [-0.4, -0.2) is 42.7 Å². The van der Waals surface area contributed by atoms with E-state index in [-0.39, 0.29) is 12.4 Å². The van der Waals surface area contributed by atoms with E-state index in [0.29, 0.717) is 29.9 Å². The largest absolute Gasteiger partial charge is 0.478 e. The van der Waals surface area contributed by atoms with Crippen LogP contribution in [0, 0.1) is 12.8 Å². The second kappa shape index (κ2) is 8.86. The molecule has 0 spiro atoms. The molecular weight excluding hydrogens is 386 g/mol. The van der Waals surface area contributed by atoms with Crippen molar-refractivity contribution in [1.82, 2.24) is 4.90 Å². The number of hydrogen-bond acceptors (Lipinski definition) is 3. The lowest BCUT2D eigenvalue weighted by molar-refractivity contribution is 0.0697. The lowest BCUT2D eigenvalue weighted by Gasteiger charge is -2.37. The topological polar surface area (TPSA) is 49.8 Å². The van der Waals surface area contributed by atoms with Gasteiger partial charge >= 0.3 is 5.97 Å². The van der Waals surface area contributed by atoms with Crippen molar-refractivity contribution in [2.75, 3.05) is 26.7 Å². The molecule has 1 saturated heterocycles. The number of carbonyl (C=O) groups is 1. The maximum atomic E-state index is 11.3. The van der Waals surface area contributed by atoms with E-state index < -0.39 is 5.97 Å². The number of piperidine rings is 1. The van der Waals surface area contributed by atoms with Gasteiger partial charge in [-0.15, -0.1) is 12.4 Å². The van der Waals surface area contributed by atoms with Gasteiger partial charge < -0.3 is 14.7 Å². The van der Waals surface area contributed by atoms with E-state index in [1.807, 2.05) is 12.1 Å². The van der Waals surface area contributed by atoms with Crippen molar-refractivity contribution in [3.63, 3.8) is 0 Å². The average Bonchev–Trinajstić information content (AvgIpc) is 3.01. The molecule has 1 fully saturated rings. The van der Waals surface area contributed by atoms with Crippen molar-refractivity contribution in [3.05, 3.63) is 69.8 Å². The Morgan fingerprint density at radius 1 is 1.21 bits per heavy atom. The molecule has 29 heavy (non-hydrogen) atoms. The molecule has 4 rings (SSSR count). The number of halogens is 1. The molecule has 1 aliphatic heterocycles. The van der Waals surface area contributed by atoms with Crippen molar-refractivity contribution < 1.29 is 14.6 Å². The van der Waals surface area contributed by atoms with Crippen LogP contribution in [0.4, 0.5) is 0 Å². The van der Waals surface area contributed by atoms with Gasteiger partial charge in [0.15, 0.2) is 0 Å². The molecule has 3 atom stereocenters. The van der Waals surface area contributed by atoms with Crippen LogP contribution in [0.5, 0.6) is 0 Å². The Bertz CT molecular complexity index is 880. The van der Waals surface area contributed by atoms with Crippen LogP contribution in [0.3, 0.4) is 0 Å². The zero-order valence-electron chi connectivity index (χ0n) is 17.4. The number of benzene rings is 2. The van der Waals surface area contributed by atoms with Crippen molar-refractivity contribution >= 4 is 18.4 Å². The minimum absolute atomic E-state index is 0. The number of fused-ring (bicyclic) bond motifs is 3. The average molecular weight is 416 g/mol. The van der Waals surface area contributed by atoms with Gasteiger partial charge in [-0.2, -0.15) is 0 Å². The molecule has 1 N–H and O–H groups in total. The zero-order chi connectivity index (χ0) is 19.8. The third kappa shape index (κ3) is 3.94. The minimum Gasteiger partial charge on any atom is -0.478 e. The minimum atomic E-state index is -0.868. The SMILES string of the molecule is CCN1CC[C@H]2[C@H](c3ccc(C(=O)O)cc3)c3cc(C)c(COC)cc3[C@H]2C1.Cl. The molecule has 0 bridgehead atoms. The predicted octanol–water partition coefficient (Wildman–Crippen LogP) is 4.83. The number of likely N-dealkylation sites (N-methyl/N-ethyl adjacent to an activating group) is 1. The molecule has 0 saturated carbocycles. The van der Waals surface area contributed by atoms with Crippen LogP contribution in [0.2, 0.25) is 0 Å². The molecule has 0 unspecified atom stereocenters. The second-order valence-corrected chi connectivity index (χ2v) is 8.20. The van der Waals surface area contributed by atoms with E-state index in [1.165, 1.54) is 34.2 Å². The number of hydrogen-bond donors (Lipinski definition) is 1. The highest BCUT2D eigenvalue weighted by Crippen LogP contribution is 2.53. The summed E-state index contributed by atoms with van der Waals surface area (Å²) >= 11 is 0. The Kier molecular flexibility index (Phi) is 6.67. The highest BCUT2D eigenvalue weighted by Gasteiger charge is 2.44. The highest BCUT2D eigenvalue weighted by molar-refractivity contribution is 5.87. The summed E-state index contributed by atoms with van der Waals surface area (Å²) in [6.45, 7) is 8.38. The maximum Gasteiger partial charge on any atom is 0.335 e. The fraction of sp³-hybridized carbons (Fsp3) is 0.458. The third-order valence-corrected chi connectivity index (χ3v) is 6.72. The first kappa shape index (κ1) is 21.8. The summed E-state index contributed by atoms with van der Waals surface area (Å²) in [5, 5.41) is 9.24. The molecule has 0 aromatic heterocycles. The van der Waals surface area contributed by atoms with Gasteiger partial charge in [0.2, 0.25) is 0 Å². The van der Waals surface area contributed by atoms with Crippen LogP contribution >= 0.6 is 12.4 Å². The molecule has 4 nitrogen and oxygen atoms in total. The summed E-state index contributed by atoms with van der Waals surface area (Å²) < 4.78 is 5.43. The lowest BCUT2D eigenvalue weighted by atomic mass is 9.78. The highest BCUT2D eigenvalue weighted by atomic mass is 35.5. The van der Waals surface area contributed by atoms with Crippen molar-refractivity contribution in [2.45, 2.75) is 38.7 Å². The molecule has 2 aromatic carbocycles. The standard InChI is InChI=1S/C24H29NO3.ClH/c1-4-25-10-9-19-22(13-25)20-12-18(14-28-3)15(2)11-21(20)23(19)16-5-7-17(8-6-16)24(26)27;/h5-8,11-12,19,22-23H,4,9-10,13-14H2,1-3H3,(H,26,27);1H/t19-,22+,23+;/m1./s1. The van der Waals surface area contributed by atoms with Gasteiger partial charge in [-0.3, -0.25) is 0 Å². The van der Waals surface area contributed by atoms with E-state index in [9.17, 15) is 9.90 Å². The van der Waals surface area contributed by atoms with Gasteiger partial charge in [-0.1, -0.05) is 31.2 Å². The maximum absolute atomic E-state index is 11.3. The number of ether oxygens (including phenoxy) is 1. The molecule has 1 heterocycles. The number of nitrogens with zero attached hydrogens (tertiary/aromatic N) is 1. The van der Waals surface area contributed by atoms with Gasteiger partial charge in [0, 0.05) is 25.5 Å². The Labute approximate surface area is 179 Å². The molecule has 156 valence electrons. The van der Waals surface area contributed by atoms with Gasteiger partial charge in [0.1, 0.15) is 0 Å². The first-order chi connectivity index (χ1) is 13.5. The molecule has 2 aliphatic rings. The summed E-state index contributed by atoms with van der Waals surface area (Å²) in [5.74, 6) is 0.583. The predicted molar refractivity (Wildman–Crippen MR) is 117 cm³/mol. The molecule has 0 radical (unpaired) electrons. The van der Waals surface area contributed by atoms with E-state index in [2.05, 4.69) is 30.9 Å². The summed E-state index contributed by atoms with van der Waals surface area (Å²) in [4.78, 5) is 13.8. The van der Waals surface area contributed by atoms with E-state index >= 15 is 0 Å². The monoisotopic (exact) mass is 415 g/mol. The number of rotatable bonds is 5. The van der Waals surface area contributed by atoms with Crippen molar-refractivity contribution in [2.24, 2.45) is 5.92 Å². The van der Waals surface area contributed by atoms with Crippen molar-refractivity contribution in [3.8, 4) is 0 Å². The fourth-order valence-electron chi connectivity index (χ4n) is 5.24. The normalized spacial score (nSPS) is 23.2. The summed E-state index contributed by atoms with van der Waals surface area (Å²) in [6, 6.07) is 12.3. The Hall–Kier alpha value is -1.88. The Morgan fingerprint density at radius 2 is 1.93 bits per heavy atom. The fourth-order valence-corrected chi connectivity index (χ4v) is 5.24. The van der Waals surface area contributed by atoms with E-state index in [0.717, 1.165) is 19.6 Å². The quantitative estimate of drug-likeness (QED) is 0.759.